The predicted octanol–water partition coefficient (Wildman–Crippen LogP) is 1.04. The number of hydrogen-bond acceptors (Lipinski definition) is 8. The Labute approximate surface area is 210 Å². The molecule has 9 nitrogen and oxygen atoms in total. The lowest BCUT2D eigenvalue weighted by atomic mass is 9.88. The van der Waals surface area contributed by atoms with E-state index in [1.807, 2.05) is 12.1 Å². The van der Waals surface area contributed by atoms with Crippen LogP contribution in [0, 0.1) is 11.8 Å². The van der Waals surface area contributed by atoms with Crippen LogP contribution in [-0.4, -0.2) is 72.5 Å². The second kappa shape index (κ2) is 12.0. The maximum absolute atomic E-state index is 13.1. The number of esters is 1. The van der Waals surface area contributed by atoms with Gasteiger partial charge in [0.25, 0.3) is 5.56 Å². The molecule has 4 rings (SSSR count). The highest BCUT2D eigenvalue weighted by Crippen LogP contribution is 2.13. The van der Waals surface area contributed by atoms with Crippen LogP contribution in [0.25, 0.3) is 10.9 Å². The summed E-state index contributed by atoms with van der Waals surface area (Å²) in [5, 5.41) is 12.6. The molecule has 0 radical (unpaired) electrons. The van der Waals surface area contributed by atoms with E-state index in [4.69, 9.17) is 9.47 Å². The monoisotopic (exact) mass is 488 g/mol. The van der Waals surface area contributed by atoms with Crippen molar-refractivity contribution in [3.05, 3.63) is 75.8 Å². The lowest BCUT2D eigenvalue weighted by molar-refractivity contribution is -0.144. The van der Waals surface area contributed by atoms with Crippen molar-refractivity contribution in [1.29, 1.82) is 0 Å². The van der Waals surface area contributed by atoms with Gasteiger partial charge in [-0.1, -0.05) is 24.0 Å². The number of rotatable bonds is 7. The zero-order chi connectivity index (χ0) is 25.5. The zero-order valence-electron chi connectivity index (χ0n) is 20.4. The Bertz CT molecular complexity index is 1320. The maximum Gasteiger partial charge on any atom is 0.373 e. The van der Waals surface area contributed by atoms with Gasteiger partial charge >= 0.3 is 13.0 Å². The van der Waals surface area contributed by atoms with Crippen LogP contribution in [0.5, 0.6) is 0 Å². The molecule has 10 heteroatoms. The largest absolute Gasteiger partial charge is 0.467 e. The van der Waals surface area contributed by atoms with Crippen LogP contribution in [0.4, 0.5) is 0 Å². The average Bonchev–Trinajstić information content (AvgIpc) is 2.89. The fourth-order valence-corrected chi connectivity index (χ4v) is 4.00. The third-order valence-electron chi connectivity index (χ3n) is 6.01. The Hall–Kier alpha value is -3.49. The molecule has 0 bridgehead atoms. The summed E-state index contributed by atoms with van der Waals surface area (Å²) < 4.78 is 11.4. The Morgan fingerprint density at radius 2 is 1.89 bits per heavy atom. The van der Waals surface area contributed by atoms with Gasteiger partial charge in [-0.15, -0.1) is 0 Å². The summed E-state index contributed by atoms with van der Waals surface area (Å²) in [6.45, 7) is 5.91. The van der Waals surface area contributed by atoms with Crippen LogP contribution < -0.4 is 10.8 Å². The van der Waals surface area contributed by atoms with E-state index in [1.165, 1.54) is 30.4 Å². The van der Waals surface area contributed by atoms with Gasteiger partial charge < -0.3 is 19.7 Å². The van der Waals surface area contributed by atoms with Gasteiger partial charge in [0, 0.05) is 37.3 Å². The molecule has 1 aromatic heterocycles. The number of aromatic nitrogens is 2. The first-order chi connectivity index (χ1) is 17.4. The Morgan fingerprint density at radius 3 is 2.58 bits per heavy atom. The minimum Gasteiger partial charge on any atom is -0.467 e. The fraction of sp³-hybridized carbons (Fsp3) is 0.346. The first-order valence-corrected chi connectivity index (χ1v) is 11.9. The predicted molar refractivity (Wildman–Crippen MR) is 137 cm³/mol. The molecule has 3 aromatic rings. The van der Waals surface area contributed by atoms with Gasteiger partial charge in [-0.3, -0.25) is 14.3 Å². The SMILES string of the molecule is COC(=O)[C@H](CNB(C)O)n1cnc2cc(C#Cc3ccc(CN4CCOCC4)cc3)ccc2c1=O. The van der Waals surface area contributed by atoms with E-state index in [2.05, 4.69) is 39.1 Å². The van der Waals surface area contributed by atoms with E-state index in [9.17, 15) is 14.6 Å². The van der Waals surface area contributed by atoms with Crippen molar-refractivity contribution >= 4 is 23.9 Å². The van der Waals surface area contributed by atoms with Crippen molar-refractivity contribution in [1.82, 2.24) is 19.7 Å². The van der Waals surface area contributed by atoms with Crippen LogP contribution >= 0.6 is 0 Å². The van der Waals surface area contributed by atoms with E-state index in [0.717, 1.165) is 44.0 Å². The Balaban J connectivity index is 1.51. The van der Waals surface area contributed by atoms with Gasteiger partial charge in [0.1, 0.15) is 6.04 Å². The number of hydrogen-bond donors (Lipinski definition) is 2. The molecule has 1 aliphatic heterocycles. The van der Waals surface area contributed by atoms with E-state index < -0.39 is 19.1 Å². The number of fused-ring (bicyclic) bond motifs is 1. The molecule has 1 fully saturated rings. The summed E-state index contributed by atoms with van der Waals surface area (Å²) in [6, 6.07) is 12.4. The molecule has 0 unspecified atom stereocenters. The molecule has 186 valence electrons. The fourth-order valence-electron chi connectivity index (χ4n) is 4.00. The molecule has 2 aromatic carbocycles. The highest BCUT2D eigenvalue weighted by Gasteiger charge is 2.24. The van der Waals surface area contributed by atoms with Gasteiger partial charge in [-0.25, -0.2) is 9.78 Å². The number of ether oxygens (including phenoxy) is 2. The molecule has 0 saturated carbocycles. The number of nitrogens with one attached hydrogen (secondary N) is 1. The normalized spacial score (nSPS) is 14.6. The van der Waals surface area contributed by atoms with Crippen LogP contribution in [0.15, 0.2) is 53.6 Å². The number of morpholine rings is 1. The molecule has 36 heavy (non-hydrogen) atoms. The van der Waals surface area contributed by atoms with Gasteiger partial charge in [0.15, 0.2) is 0 Å². The van der Waals surface area contributed by atoms with Crippen LogP contribution in [0.1, 0.15) is 22.7 Å². The van der Waals surface area contributed by atoms with Crippen LogP contribution in [0.3, 0.4) is 0 Å². The van der Waals surface area contributed by atoms with Gasteiger partial charge in [-0.05, 0) is 42.7 Å². The van der Waals surface area contributed by atoms with E-state index in [1.54, 1.807) is 18.2 Å². The van der Waals surface area contributed by atoms with Crippen molar-refractivity contribution in [3.63, 3.8) is 0 Å². The summed E-state index contributed by atoms with van der Waals surface area (Å²) in [6.07, 6.45) is 1.32. The Morgan fingerprint density at radius 1 is 1.19 bits per heavy atom. The van der Waals surface area contributed by atoms with Crippen LogP contribution in [0.2, 0.25) is 6.82 Å². The second-order valence-electron chi connectivity index (χ2n) is 8.65. The van der Waals surface area contributed by atoms with E-state index >= 15 is 0 Å². The van der Waals surface area contributed by atoms with Crippen molar-refractivity contribution in [2.45, 2.75) is 19.4 Å². The van der Waals surface area contributed by atoms with Crippen molar-refractivity contribution in [2.75, 3.05) is 40.0 Å². The molecular formula is C26H29BN4O5. The lowest BCUT2D eigenvalue weighted by Gasteiger charge is -2.26. The molecule has 1 atom stereocenters. The smallest absolute Gasteiger partial charge is 0.373 e. The number of nitrogens with zero attached hydrogens (tertiary/aromatic N) is 3. The summed E-state index contributed by atoms with van der Waals surface area (Å²) in [7, 11) is 0.406. The lowest BCUT2D eigenvalue weighted by Crippen LogP contribution is -2.42. The third-order valence-corrected chi connectivity index (χ3v) is 6.01. The second-order valence-corrected chi connectivity index (χ2v) is 8.65. The minimum absolute atomic E-state index is 0.0201. The van der Waals surface area contributed by atoms with Crippen LogP contribution in [-0.2, 0) is 20.8 Å². The highest BCUT2D eigenvalue weighted by atomic mass is 16.5. The standard InChI is InChI=1S/C26H29BN4O5/c1-27(34)29-16-24(26(33)35-2)31-18-28-23-15-20(9-10-22(23)25(31)32)6-3-19-4-7-21(8-5-19)17-30-11-13-36-14-12-30/h4-5,7-10,15,18,24,29,34H,11-14,16-17H2,1-2H3/t24-/m0/s1. The first kappa shape index (κ1) is 25.6. The average molecular weight is 488 g/mol. The molecule has 0 aliphatic carbocycles. The zero-order valence-corrected chi connectivity index (χ0v) is 20.4. The summed E-state index contributed by atoms with van der Waals surface area (Å²) >= 11 is 0. The van der Waals surface area contributed by atoms with Crippen molar-refractivity contribution in [2.24, 2.45) is 0 Å². The van der Waals surface area contributed by atoms with Crippen molar-refractivity contribution < 1.29 is 19.3 Å². The quantitative estimate of drug-likeness (QED) is 0.289. The molecule has 2 N–H and O–H groups in total. The molecule has 0 spiro atoms. The molecule has 0 amide bonds. The topological polar surface area (TPSA) is 106 Å². The highest BCUT2D eigenvalue weighted by molar-refractivity contribution is 6.45. The number of benzene rings is 2. The summed E-state index contributed by atoms with van der Waals surface area (Å²) in [5.41, 5.74) is 2.97. The summed E-state index contributed by atoms with van der Waals surface area (Å²) in [5.74, 6) is 5.69. The van der Waals surface area contributed by atoms with E-state index in [0.29, 0.717) is 10.9 Å². The maximum atomic E-state index is 13.1. The number of methoxy groups -OCH3 is 1. The Kier molecular flexibility index (Phi) is 8.51. The molecular weight excluding hydrogens is 459 g/mol. The van der Waals surface area contributed by atoms with Crippen molar-refractivity contribution in [3.8, 4) is 11.8 Å². The van der Waals surface area contributed by atoms with Gasteiger partial charge in [0.2, 0.25) is 0 Å². The molecule has 1 aliphatic rings. The number of carbonyl (C=O) groups is 1. The minimum atomic E-state index is -0.959. The van der Waals surface area contributed by atoms with Gasteiger partial charge in [-0.2, -0.15) is 0 Å². The van der Waals surface area contributed by atoms with E-state index in [-0.39, 0.29) is 12.1 Å². The third kappa shape index (κ3) is 6.39. The number of carbonyl (C=O) groups excluding carboxylic acids is 1. The molecule has 1 saturated heterocycles. The van der Waals surface area contributed by atoms with Gasteiger partial charge in [0.05, 0.1) is 37.6 Å². The summed E-state index contributed by atoms with van der Waals surface area (Å²) in [4.78, 5) is 32.1. The first-order valence-electron chi connectivity index (χ1n) is 11.9. The molecule has 2 heterocycles.